The number of hydrogen-bond acceptors (Lipinski definition) is 7. The van der Waals surface area contributed by atoms with E-state index in [9.17, 15) is 18.8 Å². The highest BCUT2D eigenvalue weighted by Crippen LogP contribution is 2.37. The van der Waals surface area contributed by atoms with Crippen LogP contribution < -0.4 is 14.8 Å². The van der Waals surface area contributed by atoms with Gasteiger partial charge < -0.3 is 19.5 Å². The highest BCUT2D eigenvalue weighted by Gasteiger charge is 2.32. The Balaban J connectivity index is 1.88. The first kappa shape index (κ1) is 24.7. The van der Waals surface area contributed by atoms with Crippen molar-refractivity contribution in [1.82, 2.24) is 5.01 Å². The van der Waals surface area contributed by atoms with E-state index in [1.54, 1.807) is 30.3 Å². The van der Waals surface area contributed by atoms with E-state index in [0.29, 0.717) is 23.4 Å². The number of benzene rings is 2. The van der Waals surface area contributed by atoms with E-state index in [-0.39, 0.29) is 36.3 Å². The molecule has 1 aliphatic heterocycles. The molecule has 1 aliphatic rings. The second-order valence-corrected chi connectivity index (χ2v) is 7.55. The van der Waals surface area contributed by atoms with Gasteiger partial charge in [0.05, 0.1) is 33.6 Å². The van der Waals surface area contributed by atoms with Gasteiger partial charge >= 0.3 is 11.9 Å². The lowest BCUT2D eigenvalue weighted by Gasteiger charge is -2.30. The van der Waals surface area contributed by atoms with Crippen molar-refractivity contribution in [2.24, 2.45) is 11.0 Å². The van der Waals surface area contributed by atoms with Gasteiger partial charge in [-0.2, -0.15) is 5.10 Å². The molecular formula is C24H26FN3O6. The number of amides is 2. The molecule has 180 valence electrons. The maximum absolute atomic E-state index is 14.2. The Morgan fingerprint density at radius 1 is 1.09 bits per heavy atom. The van der Waals surface area contributed by atoms with Gasteiger partial charge in [-0.15, -0.1) is 0 Å². The molecule has 10 heteroatoms. The Morgan fingerprint density at radius 3 is 2.35 bits per heavy atom. The Kier molecular flexibility index (Phi) is 7.83. The zero-order chi connectivity index (χ0) is 24.8. The summed E-state index contributed by atoms with van der Waals surface area (Å²) >= 11 is 0. The number of hydrogen-bond donors (Lipinski definition) is 1. The van der Waals surface area contributed by atoms with E-state index in [1.165, 1.54) is 25.3 Å². The monoisotopic (exact) mass is 471 g/mol. The van der Waals surface area contributed by atoms with Crippen molar-refractivity contribution in [2.45, 2.75) is 26.3 Å². The standard InChI is InChI=1S/C24H26FN3O6/c1-5-15-12-19(29)28(13-14-6-8-16(9-7-14)26-23(30)24(31)34-4)27-20(15)17-10-11-18(25)22(33-3)21(17)32-2/h6-11,15H,5,12-13H2,1-4H3,(H,26,30). The summed E-state index contributed by atoms with van der Waals surface area (Å²) in [6.45, 7) is 2.14. The number of carbonyl (C=O) groups is 3. The fourth-order valence-corrected chi connectivity index (χ4v) is 3.69. The summed E-state index contributed by atoms with van der Waals surface area (Å²) in [6.07, 6.45) is 0.904. The van der Waals surface area contributed by atoms with E-state index < -0.39 is 17.7 Å². The number of rotatable bonds is 7. The van der Waals surface area contributed by atoms with E-state index in [1.807, 2.05) is 6.92 Å². The number of nitrogens with one attached hydrogen (secondary N) is 1. The van der Waals surface area contributed by atoms with Crippen LogP contribution in [0.3, 0.4) is 0 Å². The van der Waals surface area contributed by atoms with E-state index in [4.69, 9.17) is 9.47 Å². The predicted octanol–water partition coefficient (Wildman–Crippen LogP) is 3.12. The normalized spacial score (nSPS) is 15.4. The van der Waals surface area contributed by atoms with Crippen LogP contribution in [0.25, 0.3) is 0 Å². The number of ether oxygens (including phenoxy) is 3. The quantitative estimate of drug-likeness (QED) is 0.491. The third-order valence-electron chi connectivity index (χ3n) is 5.48. The second-order valence-electron chi connectivity index (χ2n) is 7.55. The van der Waals surface area contributed by atoms with E-state index in [2.05, 4.69) is 15.2 Å². The molecule has 9 nitrogen and oxygen atoms in total. The van der Waals surface area contributed by atoms with Gasteiger partial charge in [0.2, 0.25) is 5.91 Å². The van der Waals surface area contributed by atoms with Crippen LogP contribution in [-0.4, -0.2) is 49.8 Å². The summed E-state index contributed by atoms with van der Waals surface area (Å²) in [4.78, 5) is 35.7. The van der Waals surface area contributed by atoms with Crippen molar-refractivity contribution < 1.29 is 33.0 Å². The van der Waals surface area contributed by atoms with Crippen LogP contribution in [0.5, 0.6) is 11.5 Å². The first-order chi connectivity index (χ1) is 16.3. The molecule has 34 heavy (non-hydrogen) atoms. The number of hydrazone groups is 1. The minimum Gasteiger partial charge on any atom is -0.492 e. The smallest absolute Gasteiger partial charge is 0.396 e. The summed E-state index contributed by atoms with van der Waals surface area (Å²) in [5, 5.41) is 8.40. The van der Waals surface area contributed by atoms with Crippen LogP contribution >= 0.6 is 0 Å². The number of halogens is 1. The number of nitrogens with zero attached hydrogens (tertiary/aromatic N) is 2. The fourth-order valence-electron chi connectivity index (χ4n) is 3.69. The molecule has 3 rings (SSSR count). The molecule has 0 fully saturated rings. The maximum Gasteiger partial charge on any atom is 0.396 e. The minimum atomic E-state index is -0.997. The Morgan fingerprint density at radius 2 is 1.76 bits per heavy atom. The molecule has 0 bridgehead atoms. The van der Waals surface area contributed by atoms with Crippen molar-refractivity contribution in [3.63, 3.8) is 0 Å². The summed E-state index contributed by atoms with van der Waals surface area (Å²) < 4.78 is 29.2. The molecule has 0 saturated carbocycles. The number of methoxy groups -OCH3 is 3. The van der Waals surface area contributed by atoms with Crippen LogP contribution in [0.4, 0.5) is 10.1 Å². The van der Waals surface area contributed by atoms with Crippen molar-refractivity contribution >= 4 is 29.2 Å². The number of esters is 1. The van der Waals surface area contributed by atoms with Gasteiger partial charge in [-0.05, 0) is 36.2 Å². The summed E-state index contributed by atoms with van der Waals surface area (Å²) in [5.41, 5.74) is 2.33. The van der Waals surface area contributed by atoms with Gasteiger partial charge in [-0.25, -0.2) is 14.2 Å². The molecule has 1 unspecified atom stereocenters. The highest BCUT2D eigenvalue weighted by atomic mass is 19.1. The average Bonchev–Trinajstić information content (AvgIpc) is 2.85. The molecule has 2 aromatic rings. The largest absolute Gasteiger partial charge is 0.492 e. The molecule has 0 saturated heterocycles. The molecule has 1 atom stereocenters. The van der Waals surface area contributed by atoms with Crippen LogP contribution in [0.2, 0.25) is 0 Å². The summed E-state index contributed by atoms with van der Waals surface area (Å²) in [6, 6.07) is 9.50. The van der Waals surface area contributed by atoms with Gasteiger partial charge in [-0.1, -0.05) is 19.1 Å². The summed E-state index contributed by atoms with van der Waals surface area (Å²) in [7, 11) is 3.91. The Labute approximate surface area is 196 Å². The summed E-state index contributed by atoms with van der Waals surface area (Å²) in [5.74, 6) is -2.55. The topological polar surface area (TPSA) is 107 Å². The predicted molar refractivity (Wildman–Crippen MR) is 122 cm³/mol. The molecular weight excluding hydrogens is 445 g/mol. The molecule has 2 aromatic carbocycles. The third-order valence-corrected chi connectivity index (χ3v) is 5.48. The second kappa shape index (κ2) is 10.8. The number of carbonyl (C=O) groups excluding carboxylic acids is 3. The zero-order valence-corrected chi connectivity index (χ0v) is 19.4. The van der Waals surface area contributed by atoms with E-state index in [0.717, 1.165) is 12.7 Å². The van der Waals surface area contributed by atoms with Crippen LogP contribution in [-0.2, 0) is 25.7 Å². The molecule has 1 heterocycles. The lowest BCUT2D eigenvalue weighted by Crippen LogP contribution is -2.37. The Hall–Kier alpha value is -3.95. The van der Waals surface area contributed by atoms with Gasteiger partial charge in [0, 0.05) is 23.6 Å². The first-order valence-electron chi connectivity index (χ1n) is 10.6. The molecule has 0 spiro atoms. The van der Waals surface area contributed by atoms with Crippen LogP contribution in [0.15, 0.2) is 41.5 Å². The lowest BCUT2D eigenvalue weighted by molar-refractivity contribution is -0.150. The van der Waals surface area contributed by atoms with Crippen LogP contribution in [0, 0.1) is 11.7 Å². The fraction of sp³-hybridized carbons (Fsp3) is 0.333. The number of anilines is 1. The van der Waals surface area contributed by atoms with Crippen molar-refractivity contribution in [1.29, 1.82) is 0 Å². The zero-order valence-electron chi connectivity index (χ0n) is 19.4. The van der Waals surface area contributed by atoms with Crippen molar-refractivity contribution in [3.05, 3.63) is 53.3 Å². The van der Waals surface area contributed by atoms with Crippen molar-refractivity contribution in [3.8, 4) is 11.5 Å². The van der Waals surface area contributed by atoms with Gasteiger partial charge in [-0.3, -0.25) is 9.59 Å². The van der Waals surface area contributed by atoms with E-state index >= 15 is 0 Å². The van der Waals surface area contributed by atoms with Gasteiger partial charge in [0.25, 0.3) is 0 Å². The molecule has 1 N–H and O–H groups in total. The minimum absolute atomic E-state index is 0.0226. The Bertz CT molecular complexity index is 1120. The first-order valence-corrected chi connectivity index (χ1v) is 10.6. The van der Waals surface area contributed by atoms with Gasteiger partial charge in [0.1, 0.15) is 0 Å². The molecule has 2 amide bonds. The van der Waals surface area contributed by atoms with Gasteiger partial charge in [0.15, 0.2) is 17.3 Å². The average molecular weight is 471 g/mol. The SMILES string of the molecule is CCC1CC(=O)N(Cc2ccc(NC(=O)C(=O)OC)cc2)N=C1c1ccc(F)c(OC)c1OC. The van der Waals surface area contributed by atoms with Crippen LogP contribution in [0.1, 0.15) is 30.9 Å². The maximum atomic E-state index is 14.2. The molecule has 0 aromatic heterocycles. The molecule has 0 radical (unpaired) electrons. The molecule has 0 aliphatic carbocycles. The van der Waals surface area contributed by atoms with Crippen molar-refractivity contribution in [2.75, 3.05) is 26.6 Å². The lowest BCUT2D eigenvalue weighted by atomic mass is 9.89. The highest BCUT2D eigenvalue weighted by molar-refractivity contribution is 6.37. The third kappa shape index (κ3) is 5.16.